The molecule has 0 fully saturated rings. The number of para-hydroxylation sites is 6. The van der Waals surface area contributed by atoms with E-state index in [1.807, 2.05) is 0 Å². The van der Waals surface area contributed by atoms with Crippen LogP contribution in [0.2, 0.25) is 0 Å². The van der Waals surface area contributed by atoms with Crippen molar-refractivity contribution in [1.29, 1.82) is 0 Å². The highest BCUT2D eigenvalue weighted by atomic mass is 15.2. The van der Waals surface area contributed by atoms with Crippen molar-refractivity contribution in [3.05, 3.63) is 364 Å². The van der Waals surface area contributed by atoms with Crippen molar-refractivity contribution in [3.63, 3.8) is 0 Å². The molecular weight excluding hydrogens is 993 g/mol. The highest BCUT2D eigenvalue weighted by Gasteiger charge is 2.18. The predicted octanol–water partition coefficient (Wildman–Crippen LogP) is 22.3. The minimum absolute atomic E-state index is 1.10. The maximum Gasteiger partial charge on any atom is 0.0482 e. The van der Waals surface area contributed by atoms with Crippen molar-refractivity contribution < 1.29 is 0 Å². The van der Waals surface area contributed by atoms with Gasteiger partial charge in [-0.2, -0.15) is 0 Å². The van der Waals surface area contributed by atoms with Gasteiger partial charge in [-0.3, -0.25) is 0 Å². The van der Waals surface area contributed by atoms with Crippen molar-refractivity contribution in [2.45, 2.75) is 0 Å². The van der Waals surface area contributed by atoms with Crippen LogP contribution in [0, 0.1) is 0 Å². The van der Waals surface area contributed by atoms with Crippen LogP contribution in [-0.2, 0) is 0 Å². The minimum atomic E-state index is 1.10. The van der Waals surface area contributed by atoms with Crippen molar-refractivity contribution >= 4 is 68.2 Å². The zero-order valence-corrected chi connectivity index (χ0v) is 45.4. The molecule has 0 aliphatic rings. The van der Waals surface area contributed by atoms with Gasteiger partial charge >= 0.3 is 0 Å². The molecule has 0 amide bonds. The molecule has 0 N–H and O–H groups in total. The molecule has 0 bridgehead atoms. The Morgan fingerprint density at radius 3 is 0.463 bits per heavy atom. The van der Waals surface area contributed by atoms with Gasteiger partial charge in [0.25, 0.3) is 0 Å². The summed E-state index contributed by atoms with van der Waals surface area (Å²) >= 11 is 0. The van der Waals surface area contributed by atoms with E-state index < -0.39 is 0 Å². The second-order valence-corrected chi connectivity index (χ2v) is 19.8. The van der Waals surface area contributed by atoms with Gasteiger partial charge in [0.1, 0.15) is 0 Å². The fourth-order valence-corrected chi connectivity index (χ4v) is 10.5. The fourth-order valence-electron chi connectivity index (χ4n) is 10.5. The van der Waals surface area contributed by atoms with Crippen molar-refractivity contribution in [2.75, 3.05) is 19.6 Å². The van der Waals surface area contributed by atoms with E-state index in [9.17, 15) is 0 Å². The molecule has 13 rings (SSSR count). The van der Waals surface area contributed by atoms with Crippen molar-refractivity contribution in [3.8, 4) is 33.4 Å². The number of nitrogens with zero attached hydrogens (tertiary/aromatic N) is 4. The summed E-state index contributed by atoms with van der Waals surface area (Å²) in [5, 5.41) is 0. The molecule has 13 aromatic rings. The van der Waals surface area contributed by atoms with Crippen LogP contribution in [0.1, 0.15) is 0 Å². The zero-order valence-electron chi connectivity index (χ0n) is 45.4. The summed E-state index contributed by atoms with van der Waals surface area (Å²) in [5.74, 6) is 0. The topological polar surface area (TPSA) is 13.0 Å². The molecule has 392 valence electrons. The van der Waals surface area contributed by atoms with Gasteiger partial charge in [0, 0.05) is 68.2 Å². The number of hydrogen-bond acceptors (Lipinski definition) is 4. The van der Waals surface area contributed by atoms with Gasteiger partial charge in [-0.25, -0.2) is 0 Å². The molecule has 0 aliphatic heterocycles. The first-order valence-electron chi connectivity index (χ1n) is 27.8. The first-order chi connectivity index (χ1) is 40.7. The summed E-state index contributed by atoms with van der Waals surface area (Å²) in [6, 6.07) is 128. The number of rotatable bonds is 15. The molecule has 0 saturated heterocycles. The van der Waals surface area contributed by atoms with Gasteiger partial charge < -0.3 is 19.6 Å². The van der Waals surface area contributed by atoms with E-state index >= 15 is 0 Å². The summed E-state index contributed by atoms with van der Waals surface area (Å²) in [5.41, 5.74) is 20.6. The van der Waals surface area contributed by atoms with Gasteiger partial charge in [-0.05, 0) is 173 Å². The Balaban J connectivity index is 0.000000179. The highest BCUT2D eigenvalue weighted by molar-refractivity contribution is 5.85. The predicted molar refractivity (Wildman–Crippen MR) is 348 cm³/mol. The smallest absolute Gasteiger partial charge is 0.0482 e. The van der Waals surface area contributed by atoms with Crippen LogP contribution in [0.5, 0.6) is 0 Å². The van der Waals surface area contributed by atoms with Gasteiger partial charge in [-0.15, -0.1) is 0 Å². The lowest BCUT2D eigenvalue weighted by molar-refractivity contribution is 1.25. The molecule has 4 nitrogen and oxygen atoms in total. The second-order valence-electron chi connectivity index (χ2n) is 19.8. The molecule has 13 aromatic carbocycles. The van der Waals surface area contributed by atoms with E-state index in [0.29, 0.717) is 0 Å². The third-order valence-corrected chi connectivity index (χ3v) is 14.5. The monoisotopic (exact) mass is 1050 g/mol. The second kappa shape index (κ2) is 25.2. The quantitative estimate of drug-likeness (QED) is 0.101. The fraction of sp³-hybridized carbons (Fsp3) is 0. The number of benzene rings is 13. The molecule has 0 spiro atoms. The van der Waals surface area contributed by atoms with Gasteiger partial charge in [0.2, 0.25) is 0 Å². The Morgan fingerprint density at radius 1 is 0.110 bits per heavy atom. The minimum Gasteiger partial charge on any atom is -0.311 e. The lowest BCUT2D eigenvalue weighted by atomic mass is 10.0. The van der Waals surface area contributed by atoms with Crippen LogP contribution in [0.25, 0.3) is 33.4 Å². The molecule has 0 heterocycles. The maximum atomic E-state index is 2.33. The molecule has 0 saturated carbocycles. The summed E-state index contributed by atoms with van der Waals surface area (Å²) in [4.78, 5) is 9.19. The largest absolute Gasteiger partial charge is 0.311 e. The van der Waals surface area contributed by atoms with Crippen LogP contribution < -0.4 is 19.6 Å². The van der Waals surface area contributed by atoms with Gasteiger partial charge in [0.15, 0.2) is 0 Å². The molecular formula is C78H60N4. The lowest BCUT2D eigenvalue weighted by Gasteiger charge is -2.29. The Morgan fingerprint density at radius 2 is 0.256 bits per heavy atom. The van der Waals surface area contributed by atoms with Gasteiger partial charge in [-0.1, -0.05) is 224 Å². The van der Waals surface area contributed by atoms with E-state index in [0.717, 1.165) is 68.2 Å². The average molecular weight is 1050 g/mol. The first-order valence-corrected chi connectivity index (χ1v) is 27.8. The SMILES string of the molecule is c1ccc(-c2ccc(N(c3ccc(-c4ccccc4)cc3)c3ccc(-c4ccc(N(c5ccccc5)c5ccccc5)cc4)cc3)cc2)cc1.c1ccc(N(c2ccccc2)c2cccc(N(c3ccccc3)c3ccccc3)c2)cc1. The normalized spacial score (nSPS) is 10.7. The van der Waals surface area contributed by atoms with Crippen molar-refractivity contribution in [1.82, 2.24) is 0 Å². The standard InChI is InChI=1S/C48H36N2.C30H24N2/c1-5-13-37(14-6-1)39-21-29-46(30-22-39)50(47-31-23-40(24-32-47)38-15-7-2-8-16-38)48-35-27-42(28-36-48)41-25-33-45(34-26-41)49(43-17-9-3-10-18-43)44-19-11-4-12-20-44;1-5-14-25(15-6-1)31(26-16-7-2-8-17-26)29-22-13-23-30(24-29)32(27-18-9-3-10-19-27)28-20-11-4-12-21-28/h1-36H;1-24H. The molecule has 0 aliphatic carbocycles. The molecule has 0 atom stereocenters. The molecule has 82 heavy (non-hydrogen) atoms. The average Bonchev–Trinajstić information content (AvgIpc) is 3.56. The lowest BCUT2D eigenvalue weighted by Crippen LogP contribution is -2.13. The Labute approximate surface area is 482 Å². The van der Waals surface area contributed by atoms with Crippen LogP contribution in [0.15, 0.2) is 364 Å². The van der Waals surface area contributed by atoms with E-state index in [-0.39, 0.29) is 0 Å². The molecule has 0 unspecified atom stereocenters. The summed E-state index contributed by atoms with van der Waals surface area (Å²) < 4.78 is 0. The van der Waals surface area contributed by atoms with Gasteiger partial charge in [0.05, 0.1) is 0 Å². The van der Waals surface area contributed by atoms with Crippen molar-refractivity contribution in [2.24, 2.45) is 0 Å². The Bertz CT molecular complexity index is 3720. The van der Waals surface area contributed by atoms with Crippen LogP contribution in [0.4, 0.5) is 68.2 Å². The third-order valence-electron chi connectivity index (χ3n) is 14.5. The molecule has 0 radical (unpaired) electrons. The Hall–Kier alpha value is -10.9. The first kappa shape index (κ1) is 51.8. The summed E-state index contributed by atoms with van der Waals surface area (Å²) in [6.45, 7) is 0. The maximum absolute atomic E-state index is 2.33. The third kappa shape index (κ3) is 12.0. The van der Waals surface area contributed by atoms with E-state index in [2.05, 4.69) is 384 Å². The number of hydrogen-bond donors (Lipinski definition) is 0. The summed E-state index contributed by atoms with van der Waals surface area (Å²) in [7, 11) is 0. The Kier molecular flexibility index (Phi) is 15.9. The van der Waals surface area contributed by atoms with Crippen LogP contribution in [-0.4, -0.2) is 0 Å². The summed E-state index contributed by atoms with van der Waals surface area (Å²) in [6.07, 6.45) is 0. The van der Waals surface area contributed by atoms with E-state index in [4.69, 9.17) is 0 Å². The molecule has 0 aromatic heterocycles. The van der Waals surface area contributed by atoms with E-state index in [1.54, 1.807) is 0 Å². The molecule has 4 heteroatoms. The van der Waals surface area contributed by atoms with Crippen LogP contribution >= 0.6 is 0 Å². The van der Waals surface area contributed by atoms with E-state index in [1.165, 1.54) is 33.4 Å². The van der Waals surface area contributed by atoms with Crippen LogP contribution in [0.3, 0.4) is 0 Å². The zero-order chi connectivity index (χ0) is 55.1. The number of anilines is 12. The highest BCUT2D eigenvalue weighted by Crippen LogP contribution is 2.42.